The van der Waals surface area contributed by atoms with Crippen LogP contribution in [0.4, 0.5) is 0 Å². The quantitative estimate of drug-likeness (QED) is 0.427. The van der Waals surface area contributed by atoms with Crippen molar-refractivity contribution in [2.75, 3.05) is 7.11 Å². The normalized spacial score (nSPS) is 24.1. The Bertz CT molecular complexity index is 384. The number of methoxy groups -OCH3 is 1. The number of carbonyl (C=O) groups is 1. The van der Waals surface area contributed by atoms with E-state index in [4.69, 9.17) is 9.47 Å². The highest BCUT2D eigenvalue weighted by Crippen LogP contribution is 2.40. The summed E-state index contributed by atoms with van der Waals surface area (Å²) in [4.78, 5) is 10.1. The molecule has 1 aromatic carbocycles. The number of benzene rings is 1. The highest BCUT2D eigenvalue weighted by atomic mass is 16.6. The topological polar surface area (TPSA) is 38.8 Å². The van der Waals surface area contributed by atoms with Crippen LogP contribution in [0.2, 0.25) is 0 Å². The van der Waals surface area contributed by atoms with Gasteiger partial charge in [-0.25, -0.2) is 0 Å². The van der Waals surface area contributed by atoms with Crippen LogP contribution >= 0.6 is 0 Å². The van der Waals surface area contributed by atoms with Gasteiger partial charge in [0.1, 0.15) is 24.2 Å². The zero-order valence-corrected chi connectivity index (χ0v) is 8.42. The van der Waals surface area contributed by atoms with Gasteiger partial charge in [0.05, 0.1) is 7.11 Å². The van der Waals surface area contributed by atoms with E-state index in [9.17, 15) is 4.79 Å². The number of rotatable bonds is 4. The fraction of sp³-hybridized carbons (Fsp3) is 0.250. The van der Waals surface area contributed by atoms with Crippen LogP contribution in [0, 0.1) is 0 Å². The van der Waals surface area contributed by atoms with Gasteiger partial charge in [-0.1, -0.05) is 12.1 Å². The van der Waals surface area contributed by atoms with E-state index < -0.39 is 0 Å². The molecular weight excluding hydrogens is 192 g/mol. The molecule has 1 aliphatic heterocycles. The second-order valence-corrected chi connectivity index (χ2v) is 3.32. The third kappa shape index (κ3) is 2.25. The van der Waals surface area contributed by atoms with Gasteiger partial charge in [0, 0.05) is 0 Å². The van der Waals surface area contributed by atoms with Crippen molar-refractivity contribution in [1.29, 1.82) is 0 Å². The summed E-state index contributed by atoms with van der Waals surface area (Å²) in [6, 6.07) is 7.75. The van der Waals surface area contributed by atoms with Gasteiger partial charge in [0.15, 0.2) is 0 Å². The minimum Gasteiger partial charge on any atom is -0.497 e. The Morgan fingerprint density at radius 1 is 1.47 bits per heavy atom. The SMILES string of the molecule is COc1cccc([C@H]2O[C@@H]2/C=C/C=O)c1. The van der Waals surface area contributed by atoms with Crippen LogP contribution in [0.25, 0.3) is 0 Å². The minimum absolute atomic E-state index is 0.0299. The fourth-order valence-electron chi connectivity index (χ4n) is 1.51. The summed E-state index contributed by atoms with van der Waals surface area (Å²) < 4.78 is 10.5. The number of epoxide rings is 1. The third-order valence-corrected chi connectivity index (χ3v) is 2.33. The van der Waals surface area contributed by atoms with Gasteiger partial charge in [-0.15, -0.1) is 0 Å². The molecule has 78 valence electrons. The lowest BCUT2D eigenvalue weighted by atomic mass is 10.1. The molecule has 0 aliphatic carbocycles. The van der Waals surface area contributed by atoms with E-state index in [2.05, 4.69) is 0 Å². The molecule has 1 aliphatic rings. The number of aldehydes is 1. The van der Waals surface area contributed by atoms with Crippen LogP contribution in [-0.4, -0.2) is 19.5 Å². The van der Waals surface area contributed by atoms with Crippen LogP contribution < -0.4 is 4.74 Å². The Morgan fingerprint density at radius 3 is 3.07 bits per heavy atom. The Morgan fingerprint density at radius 2 is 2.33 bits per heavy atom. The molecule has 0 bridgehead atoms. The molecular formula is C12H12O3. The average molecular weight is 204 g/mol. The molecule has 1 heterocycles. The molecule has 0 unspecified atom stereocenters. The highest BCUT2D eigenvalue weighted by Gasteiger charge is 2.37. The zero-order valence-electron chi connectivity index (χ0n) is 8.42. The van der Waals surface area contributed by atoms with Crippen LogP contribution in [-0.2, 0) is 9.53 Å². The van der Waals surface area contributed by atoms with Crippen LogP contribution in [0.5, 0.6) is 5.75 Å². The van der Waals surface area contributed by atoms with Gasteiger partial charge in [-0.05, 0) is 29.8 Å². The summed E-state index contributed by atoms with van der Waals surface area (Å²) >= 11 is 0. The molecule has 0 spiro atoms. The summed E-state index contributed by atoms with van der Waals surface area (Å²) in [5.74, 6) is 0.820. The lowest BCUT2D eigenvalue weighted by Crippen LogP contribution is -1.87. The average Bonchev–Trinajstić information content (AvgIpc) is 3.06. The van der Waals surface area contributed by atoms with Crippen molar-refractivity contribution in [2.24, 2.45) is 0 Å². The standard InChI is InChI=1S/C12H12O3/c1-14-10-5-2-4-9(8-10)12-11(15-12)6-3-7-13/h2-8,11-12H,1H3/b6-3+/t11-,12-/m1/s1. The molecule has 0 radical (unpaired) electrons. The highest BCUT2D eigenvalue weighted by molar-refractivity contribution is 5.65. The summed E-state index contributed by atoms with van der Waals surface area (Å²) in [5, 5.41) is 0. The molecule has 2 atom stereocenters. The van der Waals surface area contributed by atoms with E-state index in [1.54, 1.807) is 13.2 Å². The van der Waals surface area contributed by atoms with E-state index in [-0.39, 0.29) is 12.2 Å². The molecule has 1 saturated heterocycles. The minimum atomic E-state index is 0.0299. The fourth-order valence-corrected chi connectivity index (χ4v) is 1.51. The molecule has 3 nitrogen and oxygen atoms in total. The number of carbonyl (C=O) groups excluding carboxylic acids is 1. The summed E-state index contributed by atoms with van der Waals surface area (Å²) in [7, 11) is 1.64. The molecule has 15 heavy (non-hydrogen) atoms. The molecule has 3 heteroatoms. The summed E-state index contributed by atoms with van der Waals surface area (Å²) in [5.41, 5.74) is 1.08. The van der Waals surface area contributed by atoms with Crippen molar-refractivity contribution < 1.29 is 14.3 Å². The summed E-state index contributed by atoms with van der Waals surface area (Å²) in [6.45, 7) is 0. The second kappa shape index (κ2) is 4.28. The maximum atomic E-state index is 10.1. The van der Waals surface area contributed by atoms with Gasteiger partial charge < -0.3 is 9.47 Å². The van der Waals surface area contributed by atoms with E-state index in [0.717, 1.165) is 17.6 Å². The van der Waals surface area contributed by atoms with Crippen molar-refractivity contribution in [1.82, 2.24) is 0 Å². The monoisotopic (exact) mass is 204 g/mol. The van der Waals surface area contributed by atoms with Gasteiger partial charge >= 0.3 is 0 Å². The molecule has 1 fully saturated rings. The zero-order chi connectivity index (χ0) is 10.7. The molecule has 0 N–H and O–H groups in total. The van der Waals surface area contributed by atoms with Gasteiger partial charge in [0.2, 0.25) is 0 Å². The van der Waals surface area contributed by atoms with E-state index in [1.165, 1.54) is 6.08 Å². The predicted molar refractivity (Wildman–Crippen MR) is 55.8 cm³/mol. The molecule has 1 aromatic rings. The van der Waals surface area contributed by atoms with E-state index >= 15 is 0 Å². The molecule has 2 rings (SSSR count). The number of hydrogen-bond acceptors (Lipinski definition) is 3. The van der Waals surface area contributed by atoms with Gasteiger partial charge in [0.25, 0.3) is 0 Å². The number of ether oxygens (including phenoxy) is 2. The second-order valence-electron chi connectivity index (χ2n) is 3.32. The van der Waals surface area contributed by atoms with Crippen molar-refractivity contribution in [2.45, 2.75) is 12.2 Å². The third-order valence-electron chi connectivity index (χ3n) is 2.33. The first-order valence-electron chi connectivity index (χ1n) is 4.76. The van der Waals surface area contributed by atoms with Gasteiger partial charge in [-0.3, -0.25) is 4.79 Å². The van der Waals surface area contributed by atoms with Crippen LogP contribution in [0.3, 0.4) is 0 Å². The Labute approximate surface area is 88.3 Å². The smallest absolute Gasteiger partial charge is 0.142 e. The number of allylic oxidation sites excluding steroid dienone is 1. The first kappa shape index (κ1) is 9.93. The van der Waals surface area contributed by atoms with Crippen LogP contribution in [0.1, 0.15) is 11.7 Å². The predicted octanol–water partition coefficient (Wildman–Crippen LogP) is 1.89. The maximum absolute atomic E-state index is 10.1. The maximum Gasteiger partial charge on any atom is 0.142 e. The van der Waals surface area contributed by atoms with Gasteiger partial charge in [-0.2, -0.15) is 0 Å². The van der Waals surface area contributed by atoms with Crippen molar-refractivity contribution in [3.05, 3.63) is 42.0 Å². The molecule has 0 amide bonds. The van der Waals surface area contributed by atoms with E-state index in [1.807, 2.05) is 24.3 Å². The van der Waals surface area contributed by atoms with E-state index in [0.29, 0.717) is 0 Å². The lowest BCUT2D eigenvalue weighted by molar-refractivity contribution is -0.104. The largest absolute Gasteiger partial charge is 0.497 e. The summed E-state index contributed by atoms with van der Waals surface area (Å²) in [6.07, 6.45) is 4.07. The van der Waals surface area contributed by atoms with Crippen molar-refractivity contribution >= 4 is 6.29 Å². The lowest BCUT2D eigenvalue weighted by Gasteiger charge is -2.00. The van der Waals surface area contributed by atoms with Crippen molar-refractivity contribution in [3.8, 4) is 5.75 Å². The Balaban J connectivity index is 2.06. The van der Waals surface area contributed by atoms with Crippen molar-refractivity contribution in [3.63, 3.8) is 0 Å². The first-order valence-corrected chi connectivity index (χ1v) is 4.76. The molecule has 0 aromatic heterocycles. The first-order chi connectivity index (χ1) is 7.35. The molecule has 0 saturated carbocycles. The number of hydrogen-bond donors (Lipinski definition) is 0. The van der Waals surface area contributed by atoms with Crippen LogP contribution in [0.15, 0.2) is 36.4 Å². The Kier molecular flexibility index (Phi) is 2.83. The Hall–Kier alpha value is -1.61.